The fraction of sp³-hybridized carbons (Fsp3) is 0.208. The summed E-state index contributed by atoms with van der Waals surface area (Å²) in [5.74, 6) is 0.274. The van der Waals surface area contributed by atoms with E-state index in [0.29, 0.717) is 22.6 Å². The van der Waals surface area contributed by atoms with E-state index in [4.69, 9.17) is 0 Å². The largest absolute Gasteiger partial charge is 0.327 e. The normalized spacial score (nSPS) is 11.3. The van der Waals surface area contributed by atoms with Crippen LogP contribution in [-0.2, 0) is 7.05 Å². The lowest BCUT2D eigenvalue weighted by atomic mass is 10.1. The van der Waals surface area contributed by atoms with Crippen LogP contribution in [0.25, 0.3) is 22.6 Å². The van der Waals surface area contributed by atoms with Crippen LogP contribution in [0.5, 0.6) is 0 Å². The minimum absolute atomic E-state index is 0.117. The molecule has 0 radical (unpaired) electrons. The van der Waals surface area contributed by atoms with Gasteiger partial charge < -0.3 is 14.5 Å². The van der Waals surface area contributed by atoms with E-state index in [1.54, 1.807) is 24.4 Å². The lowest BCUT2D eigenvalue weighted by molar-refractivity contribution is 0.102. The molecule has 10 heteroatoms. The van der Waals surface area contributed by atoms with Gasteiger partial charge >= 0.3 is 0 Å². The van der Waals surface area contributed by atoms with Gasteiger partial charge in [-0.3, -0.25) is 14.6 Å². The van der Waals surface area contributed by atoms with Crippen molar-refractivity contribution in [1.29, 1.82) is 0 Å². The molecule has 0 saturated heterocycles. The number of aromatic nitrogens is 5. The third-order valence-electron chi connectivity index (χ3n) is 5.22. The highest BCUT2D eigenvalue weighted by molar-refractivity contribution is 6.04. The molecular weight excluding hydrogens is 442 g/mol. The van der Waals surface area contributed by atoms with E-state index in [9.17, 15) is 18.4 Å². The zero-order chi connectivity index (χ0) is 24.4. The summed E-state index contributed by atoms with van der Waals surface area (Å²) in [5.41, 5.74) is 0.577. The van der Waals surface area contributed by atoms with E-state index < -0.39 is 17.9 Å². The number of carbonyl (C=O) groups is 1. The molecule has 0 unspecified atom stereocenters. The molecule has 174 valence electrons. The first-order chi connectivity index (χ1) is 16.2. The second kappa shape index (κ2) is 9.34. The minimum Gasteiger partial charge on any atom is -0.327 e. The van der Waals surface area contributed by atoms with Crippen molar-refractivity contribution in [2.24, 2.45) is 7.05 Å². The van der Waals surface area contributed by atoms with E-state index in [2.05, 4.69) is 20.3 Å². The Hall–Kier alpha value is -4.21. The van der Waals surface area contributed by atoms with Crippen molar-refractivity contribution in [1.82, 2.24) is 24.1 Å². The number of alkyl halides is 2. The van der Waals surface area contributed by atoms with E-state index in [1.807, 2.05) is 24.6 Å². The number of nitrogens with one attached hydrogen (secondary N) is 1. The molecule has 0 aliphatic heterocycles. The SMILES string of the molecule is CC(C)n1ccnc1-c1cccc(NC(=O)c2cc(-c3ccc(C(F)F)nc3)cn(C)c2=O)n1. The van der Waals surface area contributed by atoms with Crippen molar-refractivity contribution in [3.8, 4) is 22.6 Å². The van der Waals surface area contributed by atoms with Gasteiger partial charge in [0.05, 0.1) is 0 Å². The molecule has 0 aliphatic carbocycles. The molecular formula is C24H22F2N6O2. The van der Waals surface area contributed by atoms with Crippen LogP contribution in [0, 0.1) is 0 Å². The Morgan fingerprint density at radius 1 is 1.09 bits per heavy atom. The summed E-state index contributed by atoms with van der Waals surface area (Å²) < 4.78 is 28.8. The van der Waals surface area contributed by atoms with Crippen LogP contribution in [0.15, 0.2) is 66.0 Å². The Morgan fingerprint density at radius 3 is 2.56 bits per heavy atom. The number of anilines is 1. The number of pyridine rings is 3. The first-order valence-electron chi connectivity index (χ1n) is 10.5. The molecule has 0 aromatic carbocycles. The quantitative estimate of drug-likeness (QED) is 0.454. The predicted octanol–water partition coefficient (Wildman–Crippen LogP) is 4.48. The molecule has 4 heterocycles. The molecule has 8 nitrogen and oxygen atoms in total. The van der Waals surface area contributed by atoms with Gasteiger partial charge in [0.2, 0.25) is 0 Å². The van der Waals surface area contributed by atoms with Crippen LogP contribution >= 0.6 is 0 Å². The monoisotopic (exact) mass is 464 g/mol. The molecule has 0 bridgehead atoms. The maximum Gasteiger partial charge on any atom is 0.280 e. The summed E-state index contributed by atoms with van der Waals surface area (Å²) in [4.78, 5) is 38.2. The van der Waals surface area contributed by atoms with Gasteiger partial charge in [-0.2, -0.15) is 0 Å². The van der Waals surface area contributed by atoms with Crippen molar-refractivity contribution < 1.29 is 13.6 Å². The maximum atomic E-state index is 13.0. The first kappa shape index (κ1) is 23.0. The maximum absolute atomic E-state index is 13.0. The van der Waals surface area contributed by atoms with Gasteiger partial charge in [-0.05, 0) is 38.1 Å². The van der Waals surface area contributed by atoms with E-state index >= 15 is 0 Å². The summed E-state index contributed by atoms with van der Waals surface area (Å²) in [6, 6.07) is 9.40. The Morgan fingerprint density at radius 2 is 1.88 bits per heavy atom. The second-order valence-electron chi connectivity index (χ2n) is 7.95. The Labute approximate surface area is 194 Å². The number of aryl methyl sites for hydroxylation is 1. The van der Waals surface area contributed by atoms with Gasteiger partial charge in [-0.1, -0.05) is 12.1 Å². The number of carbonyl (C=O) groups excluding carboxylic acids is 1. The standard InChI is InChI=1S/C24H22F2N6O2/c1-14(2)32-10-9-27-22(32)19-5-4-6-20(29-19)30-23(33)17-11-16(13-31(3)24(17)34)15-7-8-18(21(25)26)28-12-15/h4-14,21H,1-3H3,(H,29,30,33). The number of rotatable bonds is 6. The lowest BCUT2D eigenvalue weighted by Gasteiger charge is -2.12. The fourth-order valence-electron chi connectivity index (χ4n) is 3.48. The van der Waals surface area contributed by atoms with Gasteiger partial charge in [-0.15, -0.1) is 0 Å². The van der Waals surface area contributed by atoms with Crippen LogP contribution in [0.2, 0.25) is 0 Å². The molecule has 4 rings (SSSR count). The fourth-order valence-corrected chi connectivity index (χ4v) is 3.48. The molecule has 0 saturated carbocycles. The second-order valence-corrected chi connectivity index (χ2v) is 7.95. The van der Waals surface area contributed by atoms with Gasteiger partial charge in [0.25, 0.3) is 17.9 Å². The van der Waals surface area contributed by atoms with Crippen molar-refractivity contribution in [3.63, 3.8) is 0 Å². The van der Waals surface area contributed by atoms with Crippen LogP contribution in [0.4, 0.5) is 14.6 Å². The molecule has 4 aromatic heterocycles. The summed E-state index contributed by atoms with van der Waals surface area (Å²) in [7, 11) is 1.51. The van der Waals surface area contributed by atoms with Crippen LogP contribution in [-0.4, -0.2) is 30.0 Å². The molecule has 0 fully saturated rings. The summed E-state index contributed by atoms with van der Waals surface area (Å²) in [6.07, 6.45) is 3.65. The van der Waals surface area contributed by atoms with Crippen LogP contribution < -0.4 is 10.9 Å². The van der Waals surface area contributed by atoms with Gasteiger partial charge in [0, 0.05) is 49.0 Å². The van der Waals surface area contributed by atoms with Crippen LogP contribution in [0.3, 0.4) is 0 Å². The molecule has 1 N–H and O–H groups in total. The molecule has 1 amide bonds. The van der Waals surface area contributed by atoms with Crippen LogP contribution in [0.1, 0.15) is 42.4 Å². The predicted molar refractivity (Wildman–Crippen MR) is 124 cm³/mol. The van der Waals surface area contributed by atoms with Crippen molar-refractivity contribution in [2.75, 3.05) is 5.32 Å². The number of amides is 1. The Bertz CT molecular complexity index is 1390. The highest BCUT2D eigenvalue weighted by atomic mass is 19.3. The first-order valence-corrected chi connectivity index (χ1v) is 10.5. The number of imidazole rings is 1. The smallest absolute Gasteiger partial charge is 0.280 e. The summed E-state index contributed by atoms with van der Waals surface area (Å²) in [5, 5.41) is 2.66. The number of hydrogen-bond donors (Lipinski definition) is 1. The lowest BCUT2D eigenvalue weighted by Crippen LogP contribution is -2.27. The topological polar surface area (TPSA) is 94.7 Å². The zero-order valence-electron chi connectivity index (χ0n) is 18.7. The molecule has 0 spiro atoms. The highest BCUT2D eigenvalue weighted by Gasteiger charge is 2.17. The summed E-state index contributed by atoms with van der Waals surface area (Å²) in [6.45, 7) is 4.05. The molecule has 4 aromatic rings. The zero-order valence-corrected chi connectivity index (χ0v) is 18.7. The summed E-state index contributed by atoms with van der Waals surface area (Å²) >= 11 is 0. The highest BCUT2D eigenvalue weighted by Crippen LogP contribution is 2.23. The number of hydrogen-bond acceptors (Lipinski definition) is 5. The third kappa shape index (κ3) is 4.61. The number of halogens is 2. The average Bonchev–Trinajstić information content (AvgIpc) is 3.31. The molecule has 0 aliphatic rings. The van der Waals surface area contributed by atoms with Gasteiger partial charge in [0.1, 0.15) is 22.8 Å². The minimum atomic E-state index is -2.68. The van der Waals surface area contributed by atoms with Gasteiger partial charge in [-0.25, -0.2) is 18.7 Å². The third-order valence-corrected chi connectivity index (χ3v) is 5.22. The van der Waals surface area contributed by atoms with Crippen molar-refractivity contribution >= 4 is 11.7 Å². The van der Waals surface area contributed by atoms with Crippen molar-refractivity contribution in [2.45, 2.75) is 26.3 Å². The van der Waals surface area contributed by atoms with E-state index in [-0.39, 0.29) is 23.1 Å². The average molecular weight is 464 g/mol. The molecule has 0 atom stereocenters. The Kier molecular flexibility index (Phi) is 6.31. The number of nitrogens with zero attached hydrogens (tertiary/aromatic N) is 5. The van der Waals surface area contributed by atoms with E-state index in [0.717, 1.165) is 0 Å². The van der Waals surface area contributed by atoms with E-state index in [1.165, 1.54) is 42.2 Å². The van der Waals surface area contributed by atoms with Crippen molar-refractivity contribution in [3.05, 3.63) is 82.8 Å². The van der Waals surface area contributed by atoms with Gasteiger partial charge in [0.15, 0.2) is 5.82 Å². The molecule has 34 heavy (non-hydrogen) atoms. The Balaban J connectivity index is 1.64.